The van der Waals surface area contributed by atoms with Gasteiger partial charge in [0.25, 0.3) is 5.89 Å². The van der Waals surface area contributed by atoms with Crippen LogP contribution in [0.5, 0.6) is 5.75 Å². The van der Waals surface area contributed by atoms with Crippen molar-refractivity contribution >= 4 is 0 Å². The number of nitrogens with zero attached hydrogens (tertiary/aromatic N) is 5. The number of hydrogen-bond donors (Lipinski definition) is 1. The summed E-state index contributed by atoms with van der Waals surface area (Å²) in [4.78, 5) is 4.43. The Morgan fingerprint density at radius 3 is 2.62 bits per heavy atom. The molecule has 0 saturated heterocycles. The third kappa shape index (κ3) is 2.26. The normalized spacial score (nSPS) is 16.0. The number of aromatic nitrogens is 5. The van der Waals surface area contributed by atoms with Gasteiger partial charge in [0.15, 0.2) is 11.5 Å². The van der Waals surface area contributed by atoms with Crippen molar-refractivity contribution in [2.45, 2.75) is 31.7 Å². The van der Waals surface area contributed by atoms with Gasteiger partial charge in [-0.1, -0.05) is 10.4 Å². The van der Waals surface area contributed by atoms with E-state index >= 15 is 0 Å². The van der Waals surface area contributed by atoms with Crippen molar-refractivity contribution in [1.29, 1.82) is 0 Å². The summed E-state index contributed by atoms with van der Waals surface area (Å²) in [6.45, 7) is 1.91. The van der Waals surface area contributed by atoms with Gasteiger partial charge in [0, 0.05) is 0 Å². The summed E-state index contributed by atoms with van der Waals surface area (Å²) < 4.78 is 12.3. The van der Waals surface area contributed by atoms with Gasteiger partial charge in [0.05, 0.1) is 24.0 Å². The summed E-state index contributed by atoms with van der Waals surface area (Å²) in [6, 6.07) is 7.56. The van der Waals surface area contributed by atoms with Crippen molar-refractivity contribution in [3.8, 4) is 23.0 Å². The van der Waals surface area contributed by atoms with Gasteiger partial charge in [0.2, 0.25) is 0 Å². The first-order valence-corrected chi connectivity index (χ1v) is 7.81. The molecule has 0 spiro atoms. The lowest BCUT2D eigenvalue weighted by molar-refractivity contribution is 0.229. The molecule has 8 heteroatoms. The standard InChI is InChI=1S/C16H18N6O2/c1-10-13(14-18-15(20-24-14)16(17)8-3-9-16)19-21-22(10)11-4-6-12(23-2)7-5-11/h4-7H,3,8-9,17H2,1-2H3. The summed E-state index contributed by atoms with van der Waals surface area (Å²) in [5, 5.41) is 12.4. The highest BCUT2D eigenvalue weighted by molar-refractivity contribution is 5.52. The van der Waals surface area contributed by atoms with Crippen LogP contribution in [0, 0.1) is 6.92 Å². The zero-order valence-corrected chi connectivity index (χ0v) is 13.6. The molecule has 3 aromatic rings. The molecule has 0 aliphatic heterocycles. The molecule has 4 rings (SSSR count). The largest absolute Gasteiger partial charge is 0.497 e. The van der Waals surface area contributed by atoms with E-state index in [0.29, 0.717) is 17.4 Å². The Morgan fingerprint density at radius 2 is 2.00 bits per heavy atom. The van der Waals surface area contributed by atoms with Crippen LogP contribution in [0.15, 0.2) is 28.8 Å². The maximum atomic E-state index is 6.24. The van der Waals surface area contributed by atoms with Crippen LogP contribution in [0.1, 0.15) is 30.8 Å². The number of benzene rings is 1. The van der Waals surface area contributed by atoms with E-state index in [0.717, 1.165) is 36.4 Å². The fourth-order valence-corrected chi connectivity index (χ4v) is 2.80. The summed E-state index contributed by atoms with van der Waals surface area (Å²) >= 11 is 0. The lowest BCUT2D eigenvalue weighted by Crippen LogP contribution is -2.44. The minimum Gasteiger partial charge on any atom is -0.497 e. The Kier molecular flexibility index (Phi) is 3.34. The monoisotopic (exact) mass is 326 g/mol. The molecule has 1 aromatic carbocycles. The molecule has 1 aliphatic rings. The molecule has 1 aliphatic carbocycles. The van der Waals surface area contributed by atoms with E-state index in [9.17, 15) is 0 Å². The molecule has 2 heterocycles. The molecule has 2 N–H and O–H groups in total. The predicted molar refractivity (Wildman–Crippen MR) is 85.7 cm³/mol. The average molecular weight is 326 g/mol. The maximum absolute atomic E-state index is 6.24. The zero-order valence-electron chi connectivity index (χ0n) is 13.6. The van der Waals surface area contributed by atoms with Crippen LogP contribution < -0.4 is 10.5 Å². The molecule has 8 nitrogen and oxygen atoms in total. The van der Waals surface area contributed by atoms with Crippen molar-refractivity contribution in [3.05, 3.63) is 35.8 Å². The third-order valence-corrected chi connectivity index (χ3v) is 4.53. The number of hydrogen-bond acceptors (Lipinski definition) is 7. The van der Waals surface area contributed by atoms with Gasteiger partial charge in [-0.05, 0) is 50.5 Å². The Balaban J connectivity index is 1.66. The number of methoxy groups -OCH3 is 1. The molecule has 0 amide bonds. The van der Waals surface area contributed by atoms with Gasteiger partial charge in [-0.3, -0.25) is 0 Å². The molecular weight excluding hydrogens is 308 g/mol. The summed E-state index contributed by atoms with van der Waals surface area (Å²) in [5.41, 5.74) is 8.04. The van der Waals surface area contributed by atoms with Gasteiger partial charge in [-0.25, -0.2) is 4.68 Å². The first-order chi connectivity index (χ1) is 11.6. The van der Waals surface area contributed by atoms with Crippen LogP contribution in [0.25, 0.3) is 17.3 Å². The second-order valence-corrected chi connectivity index (χ2v) is 6.07. The quantitative estimate of drug-likeness (QED) is 0.781. The molecule has 0 radical (unpaired) electrons. The van der Waals surface area contributed by atoms with Gasteiger partial charge in [-0.15, -0.1) is 5.10 Å². The van der Waals surface area contributed by atoms with E-state index in [1.54, 1.807) is 11.8 Å². The van der Waals surface area contributed by atoms with Crippen LogP contribution in [0.3, 0.4) is 0 Å². The first kappa shape index (κ1) is 14.8. The van der Waals surface area contributed by atoms with Crippen molar-refractivity contribution in [3.63, 3.8) is 0 Å². The summed E-state index contributed by atoms with van der Waals surface area (Å²) in [7, 11) is 1.63. The number of ether oxygens (including phenoxy) is 1. The van der Waals surface area contributed by atoms with Crippen molar-refractivity contribution in [2.75, 3.05) is 7.11 Å². The van der Waals surface area contributed by atoms with Crippen LogP contribution >= 0.6 is 0 Å². The Labute approximate surface area is 138 Å². The van der Waals surface area contributed by atoms with E-state index in [4.69, 9.17) is 15.0 Å². The lowest BCUT2D eigenvalue weighted by Gasteiger charge is -2.34. The number of rotatable bonds is 4. The summed E-state index contributed by atoms with van der Waals surface area (Å²) in [6.07, 6.45) is 2.85. The number of nitrogens with two attached hydrogens (primary N) is 1. The van der Waals surface area contributed by atoms with Gasteiger partial charge in [-0.2, -0.15) is 4.98 Å². The molecule has 1 fully saturated rings. The first-order valence-electron chi connectivity index (χ1n) is 7.81. The van der Waals surface area contributed by atoms with Gasteiger partial charge >= 0.3 is 0 Å². The fraction of sp³-hybridized carbons (Fsp3) is 0.375. The van der Waals surface area contributed by atoms with E-state index in [-0.39, 0.29) is 0 Å². The zero-order chi connectivity index (χ0) is 16.7. The van der Waals surface area contributed by atoms with E-state index in [2.05, 4.69) is 20.5 Å². The Morgan fingerprint density at radius 1 is 1.25 bits per heavy atom. The smallest absolute Gasteiger partial charge is 0.280 e. The molecule has 2 aromatic heterocycles. The van der Waals surface area contributed by atoms with Crippen LogP contribution in [0.2, 0.25) is 0 Å². The third-order valence-electron chi connectivity index (χ3n) is 4.53. The highest BCUT2D eigenvalue weighted by Gasteiger charge is 2.39. The minimum atomic E-state index is -0.457. The second kappa shape index (κ2) is 5.41. The molecule has 0 unspecified atom stereocenters. The average Bonchev–Trinajstić information content (AvgIpc) is 3.19. The van der Waals surface area contributed by atoms with Crippen LogP contribution in [-0.4, -0.2) is 32.2 Å². The van der Waals surface area contributed by atoms with Gasteiger partial charge in [0.1, 0.15) is 5.75 Å². The SMILES string of the molecule is COc1ccc(-n2nnc(-c3nc(C4(N)CCC4)no3)c2C)cc1. The molecule has 1 saturated carbocycles. The maximum Gasteiger partial charge on any atom is 0.280 e. The predicted octanol–water partition coefficient (Wildman–Crippen LogP) is 1.97. The van der Waals surface area contributed by atoms with E-state index < -0.39 is 5.54 Å². The highest BCUT2D eigenvalue weighted by atomic mass is 16.5. The highest BCUT2D eigenvalue weighted by Crippen LogP contribution is 2.37. The van der Waals surface area contributed by atoms with E-state index in [1.807, 2.05) is 31.2 Å². The van der Waals surface area contributed by atoms with E-state index in [1.165, 1.54) is 0 Å². The minimum absolute atomic E-state index is 0.346. The van der Waals surface area contributed by atoms with Crippen molar-refractivity contribution in [2.24, 2.45) is 5.73 Å². The molecule has 24 heavy (non-hydrogen) atoms. The lowest BCUT2D eigenvalue weighted by atomic mass is 9.77. The topological polar surface area (TPSA) is 105 Å². The molecule has 124 valence electrons. The van der Waals surface area contributed by atoms with Crippen LogP contribution in [0.4, 0.5) is 0 Å². The Hall–Kier alpha value is -2.74. The second-order valence-electron chi connectivity index (χ2n) is 6.07. The molecule has 0 bridgehead atoms. The fourth-order valence-electron chi connectivity index (χ4n) is 2.80. The molecule has 0 atom stereocenters. The summed E-state index contributed by atoms with van der Waals surface area (Å²) in [5.74, 6) is 1.67. The van der Waals surface area contributed by atoms with Crippen molar-refractivity contribution < 1.29 is 9.26 Å². The van der Waals surface area contributed by atoms with Gasteiger partial charge < -0.3 is 15.0 Å². The molecular formula is C16H18N6O2. The van der Waals surface area contributed by atoms with Crippen molar-refractivity contribution in [1.82, 2.24) is 25.1 Å². The Bertz CT molecular complexity index is 863. The van der Waals surface area contributed by atoms with Crippen LogP contribution in [-0.2, 0) is 5.54 Å².